The predicted molar refractivity (Wildman–Crippen MR) is 95.9 cm³/mol. The smallest absolute Gasteiger partial charge is 0.227 e. The van der Waals surface area contributed by atoms with Crippen LogP contribution >= 0.6 is 11.6 Å². The quantitative estimate of drug-likeness (QED) is 0.882. The number of aromatic nitrogens is 2. The highest BCUT2D eigenvalue weighted by Crippen LogP contribution is 2.24. The third-order valence-electron chi connectivity index (χ3n) is 4.59. The second-order valence-electron chi connectivity index (χ2n) is 6.36. The normalized spacial score (nSPS) is 16.1. The highest BCUT2D eigenvalue weighted by atomic mass is 35.5. The molecule has 0 aliphatic carbocycles. The average molecular weight is 365 g/mol. The minimum atomic E-state index is -0.324. The Morgan fingerprint density at radius 2 is 2.16 bits per heavy atom. The molecule has 0 unspecified atom stereocenters. The molecule has 1 aliphatic heterocycles. The molecule has 134 valence electrons. The fourth-order valence-electron chi connectivity index (χ4n) is 3.09. The first-order valence-electron chi connectivity index (χ1n) is 8.54. The number of carbonyl (C=O) groups excluding carboxylic acids is 1. The number of nitrogens with zero attached hydrogens (tertiary/aromatic N) is 3. The molecule has 5 nitrogen and oxygen atoms in total. The minimum absolute atomic E-state index is 0.00455. The van der Waals surface area contributed by atoms with Gasteiger partial charge in [0.15, 0.2) is 0 Å². The molecule has 0 atom stereocenters. The summed E-state index contributed by atoms with van der Waals surface area (Å²) in [5.41, 5.74) is 1.66. The number of nitrogens with one attached hydrogen (secondary N) is 1. The van der Waals surface area contributed by atoms with Gasteiger partial charge in [0.1, 0.15) is 5.82 Å². The fraction of sp³-hybridized carbons (Fsp3) is 0.444. The van der Waals surface area contributed by atoms with E-state index < -0.39 is 0 Å². The number of hydrogen-bond donors (Lipinski definition) is 1. The van der Waals surface area contributed by atoms with Gasteiger partial charge in [-0.3, -0.25) is 14.4 Å². The summed E-state index contributed by atoms with van der Waals surface area (Å²) in [6.07, 6.45) is 5.11. The van der Waals surface area contributed by atoms with Gasteiger partial charge in [-0.05, 0) is 50.6 Å². The van der Waals surface area contributed by atoms with Gasteiger partial charge in [-0.1, -0.05) is 17.7 Å². The summed E-state index contributed by atoms with van der Waals surface area (Å²) in [5.74, 6) is -0.268. The number of likely N-dealkylation sites (tertiary alicyclic amines) is 1. The van der Waals surface area contributed by atoms with Crippen LogP contribution in [0.1, 0.15) is 25.3 Å². The van der Waals surface area contributed by atoms with E-state index in [0.29, 0.717) is 11.6 Å². The minimum Gasteiger partial charge on any atom is -0.323 e. The maximum atomic E-state index is 13.1. The third-order valence-corrected chi connectivity index (χ3v) is 4.94. The van der Waals surface area contributed by atoms with Crippen molar-refractivity contribution in [3.8, 4) is 0 Å². The number of carbonyl (C=O) groups is 1. The summed E-state index contributed by atoms with van der Waals surface area (Å²) >= 11 is 6.09. The van der Waals surface area contributed by atoms with Crippen LogP contribution in [-0.4, -0.2) is 33.7 Å². The Hall–Kier alpha value is -1.92. The summed E-state index contributed by atoms with van der Waals surface area (Å²) in [6, 6.07) is 4.49. The molecule has 25 heavy (non-hydrogen) atoms. The lowest BCUT2D eigenvalue weighted by atomic mass is 9.95. The molecule has 1 saturated heterocycles. The molecule has 1 fully saturated rings. The topological polar surface area (TPSA) is 50.2 Å². The van der Waals surface area contributed by atoms with E-state index in [1.807, 2.05) is 13.1 Å². The molecule has 0 bridgehead atoms. The first kappa shape index (κ1) is 17.9. The van der Waals surface area contributed by atoms with Crippen LogP contribution in [0.5, 0.6) is 0 Å². The number of rotatable bonds is 5. The summed E-state index contributed by atoms with van der Waals surface area (Å²) in [4.78, 5) is 14.6. The van der Waals surface area contributed by atoms with Gasteiger partial charge in [0.25, 0.3) is 0 Å². The lowest BCUT2D eigenvalue weighted by Gasteiger charge is -2.31. The Kier molecular flexibility index (Phi) is 5.71. The van der Waals surface area contributed by atoms with E-state index in [-0.39, 0.29) is 17.6 Å². The van der Waals surface area contributed by atoms with Crippen LogP contribution in [0.3, 0.4) is 0 Å². The third kappa shape index (κ3) is 4.58. The van der Waals surface area contributed by atoms with Crippen molar-refractivity contribution in [2.24, 2.45) is 5.92 Å². The Balaban J connectivity index is 1.50. The molecule has 0 saturated carbocycles. The van der Waals surface area contributed by atoms with Crippen LogP contribution in [0.25, 0.3) is 0 Å². The molecular formula is C18H22ClFN4O. The molecule has 3 rings (SSSR count). The monoisotopic (exact) mass is 364 g/mol. The maximum Gasteiger partial charge on any atom is 0.227 e. The zero-order chi connectivity index (χ0) is 17.8. The highest BCUT2D eigenvalue weighted by Gasteiger charge is 2.25. The van der Waals surface area contributed by atoms with Gasteiger partial charge in [-0.15, -0.1) is 0 Å². The highest BCUT2D eigenvalue weighted by molar-refractivity contribution is 6.31. The molecule has 1 amide bonds. The number of benzene rings is 1. The standard InChI is InChI=1S/C18H22ClFN4O/c1-2-24-12-16(10-21-24)22-18(25)13-5-7-23(8-6-13)11-14-3-4-15(20)9-17(14)19/h3-4,9-10,12-13H,2,5-8,11H2,1H3,(H,22,25). The predicted octanol–water partition coefficient (Wildman–Crippen LogP) is 3.55. The SMILES string of the molecule is CCn1cc(NC(=O)C2CCN(Cc3ccc(F)cc3Cl)CC2)cn1. The molecule has 0 radical (unpaired) electrons. The molecule has 2 aromatic rings. The molecule has 1 aromatic carbocycles. The Morgan fingerprint density at radius 3 is 2.80 bits per heavy atom. The second kappa shape index (κ2) is 7.97. The summed E-state index contributed by atoms with van der Waals surface area (Å²) in [6.45, 7) is 5.10. The lowest BCUT2D eigenvalue weighted by Crippen LogP contribution is -2.37. The van der Waals surface area contributed by atoms with Crippen molar-refractivity contribution in [1.29, 1.82) is 0 Å². The fourth-order valence-corrected chi connectivity index (χ4v) is 3.32. The summed E-state index contributed by atoms with van der Waals surface area (Å²) in [5, 5.41) is 7.56. The summed E-state index contributed by atoms with van der Waals surface area (Å²) in [7, 11) is 0. The Labute approximate surface area is 151 Å². The first-order chi connectivity index (χ1) is 12.0. The Bertz CT molecular complexity index is 740. The van der Waals surface area contributed by atoms with E-state index >= 15 is 0 Å². The van der Waals surface area contributed by atoms with Crippen molar-refractivity contribution in [1.82, 2.24) is 14.7 Å². The van der Waals surface area contributed by atoms with E-state index in [1.54, 1.807) is 16.9 Å². The van der Waals surface area contributed by atoms with Gasteiger partial charge in [0, 0.05) is 30.2 Å². The number of anilines is 1. The zero-order valence-electron chi connectivity index (χ0n) is 14.2. The van der Waals surface area contributed by atoms with Gasteiger partial charge in [-0.25, -0.2) is 4.39 Å². The number of aryl methyl sites for hydroxylation is 1. The maximum absolute atomic E-state index is 13.1. The van der Waals surface area contributed by atoms with Gasteiger partial charge >= 0.3 is 0 Å². The molecule has 1 aromatic heterocycles. The molecule has 2 heterocycles. The van der Waals surface area contributed by atoms with Crippen molar-refractivity contribution in [3.63, 3.8) is 0 Å². The van der Waals surface area contributed by atoms with Crippen LogP contribution in [0.15, 0.2) is 30.6 Å². The number of hydrogen-bond acceptors (Lipinski definition) is 3. The van der Waals surface area contributed by atoms with Gasteiger partial charge in [0.2, 0.25) is 5.91 Å². The van der Waals surface area contributed by atoms with Crippen molar-refractivity contribution in [2.75, 3.05) is 18.4 Å². The van der Waals surface area contributed by atoms with Gasteiger partial charge < -0.3 is 5.32 Å². The van der Waals surface area contributed by atoms with Crippen LogP contribution in [0, 0.1) is 11.7 Å². The van der Waals surface area contributed by atoms with Crippen molar-refractivity contribution in [2.45, 2.75) is 32.9 Å². The second-order valence-corrected chi connectivity index (χ2v) is 6.77. The number of amides is 1. The van der Waals surface area contributed by atoms with Gasteiger partial charge in [-0.2, -0.15) is 5.10 Å². The first-order valence-corrected chi connectivity index (χ1v) is 8.92. The van der Waals surface area contributed by atoms with Crippen molar-refractivity contribution < 1.29 is 9.18 Å². The van der Waals surface area contributed by atoms with Crippen LogP contribution in [-0.2, 0) is 17.9 Å². The largest absolute Gasteiger partial charge is 0.323 e. The van der Waals surface area contributed by atoms with Crippen LogP contribution in [0.4, 0.5) is 10.1 Å². The molecule has 7 heteroatoms. The van der Waals surface area contributed by atoms with Crippen molar-refractivity contribution in [3.05, 3.63) is 47.0 Å². The molecule has 1 aliphatic rings. The zero-order valence-corrected chi connectivity index (χ0v) is 15.0. The molecule has 1 N–H and O–H groups in total. The van der Waals surface area contributed by atoms with Crippen LogP contribution in [0.2, 0.25) is 5.02 Å². The van der Waals surface area contributed by atoms with E-state index in [9.17, 15) is 9.18 Å². The lowest BCUT2D eigenvalue weighted by molar-refractivity contribution is -0.121. The van der Waals surface area contributed by atoms with E-state index in [0.717, 1.165) is 43.7 Å². The molecule has 0 spiro atoms. The van der Waals surface area contributed by atoms with E-state index in [4.69, 9.17) is 11.6 Å². The summed E-state index contributed by atoms with van der Waals surface area (Å²) < 4.78 is 14.9. The average Bonchev–Trinajstić information content (AvgIpc) is 3.05. The van der Waals surface area contributed by atoms with Crippen LogP contribution < -0.4 is 5.32 Å². The van der Waals surface area contributed by atoms with Crippen molar-refractivity contribution >= 4 is 23.2 Å². The van der Waals surface area contributed by atoms with Gasteiger partial charge in [0.05, 0.1) is 11.9 Å². The van der Waals surface area contributed by atoms with E-state index in [2.05, 4.69) is 15.3 Å². The van der Waals surface area contributed by atoms with E-state index in [1.165, 1.54) is 12.1 Å². The molecular weight excluding hydrogens is 343 g/mol. The number of halogens is 2. The Morgan fingerprint density at radius 1 is 1.40 bits per heavy atom. The number of piperidine rings is 1.